The third-order valence-electron chi connectivity index (χ3n) is 7.09. The lowest BCUT2D eigenvalue weighted by molar-refractivity contribution is 0.0937. The van der Waals surface area contributed by atoms with Crippen LogP contribution in [0.25, 0.3) is 11.3 Å². The van der Waals surface area contributed by atoms with Gasteiger partial charge in [-0.05, 0) is 59.9 Å². The fourth-order valence-electron chi connectivity index (χ4n) is 4.53. The maximum atomic E-state index is 13.1. The minimum absolute atomic E-state index is 0.00687. The van der Waals surface area contributed by atoms with E-state index in [1.54, 1.807) is 38.6 Å². The van der Waals surface area contributed by atoms with Crippen LogP contribution in [0.1, 0.15) is 52.6 Å². The van der Waals surface area contributed by atoms with E-state index in [9.17, 15) is 14.4 Å². The van der Waals surface area contributed by atoms with Crippen molar-refractivity contribution >= 4 is 34.7 Å². The minimum Gasteiger partial charge on any atom is -0.398 e. The van der Waals surface area contributed by atoms with E-state index in [1.807, 2.05) is 49.4 Å². The van der Waals surface area contributed by atoms with Gasteiger partial charge in [-0.15, -0.1) is 0 Å². The smallest absolute Gasteiger partial charge is 0.293 e. The summed E-state index contributed by atoms with van der Waals surface area (Å²) in [6.45, 7) is 9.02. The number of carbonyl (C=O) groups is 2. The van der Waals surface area contributed by atoms with Crippen LogP contribution >= 0.6 is 0 Å². The minimum atomic E-state index is -0.343. The summed E-state index contributed by atoms with van der Waals surface area (Å²) >= 11 is 0. The number of hydrogen-bond donors (Lipinski definition) is 4. The van der Waals surface area contributed by atoms with E-state index in [2.05, 4.69) is 41.7 Å². The van der Waals surface area contributed by atoms with E-state index in [0.717, 1.165) is 16.7 Å². The second kappa shape index (κ2) is 12.9. The normalized spacial score (nSPS) is 11.2. The van der Waals surface area contributed by atoms with E-state index in [4.69, 9.17) is 10.5 Å². The molecule has 2 amide bonds. The first kappa shape index (κ1) is 31.0. The van der Waals surface area contributed by atoms with E-state index < -0.39 is 0 Å². The van der Waals surface area contributed by atoms with Crippen LogP contribution in [0.3, 0.4) is 0 Å². The quantitative estimate of drug-likeness (QED) is 0.161. The Labute approximate surface area is 251 Å². The molecule has 5 N–H and O–H groups in total. The SMILES string of the molecule is COCCNC(=O)c1ccc(Nc2nc(-c3cccc(NC(=O)c4ccc(C(C)(C)C)cc4)c3C)cn(C)c2=O)cc1N. The molecule has 3 aromatic carbocycles. The molecular weight excluding hydrogens is 544 g/mol. The first-order valence-corrected chi connectivity index (χ1v) is 13.9. The molecule has 224 valence electrons. The number of rotatable bonds is 9. The molecule has 0 unspecified atom stereocenters. The summed E-state index contributed by atoms with van der Waals surface area (Å²) in [5, 5.41) is 8.78. The Morgan fingerprint density at radius 2 is 1.74 bits per heavy atom. The molecule has 1 aromatic heterocycles. The number of nitrogens with two attached hydrogens (primary N) is 1. The number of amides is 2. The van der Waals surface area contributed by atoms with Gasteiger partial charge in [0.1, 0.15) is 0 Å². The van der Waals surface area contributed by atoms with Gasteiger partial charge in [0.2, 0.25) is 0 Å². The summed E-state index contributed by atoms with van der Waals surface area (Å²) in [6, 6.07) is 18.0. The van der Waals surface area contributed by atoms with Crippen LogP contribution in [-0.2, 0) is 17.2 Å². The maximum absolute atomic E-state index is 13.1. The highest BCUT2D eigenvalue weighted by Gasteiger charge is 2.17. The monoisotopic (exact) mass is 582 g/mol. The van der Waals surface area contributed by atoms with Gasteiger partial charge in [-0.1, -0.05) is 45.0 Å². The lowest BCUT2D eigenvalue weighted by Crippen LogP contribution is -2.27. The molecule has 0 aliphatic rings. The van der Waals surface area contributed by atoms with Crippen molar-refractivity contribution in [2.24, 2.45) is 7.05 Å². The van der Waals surface area contributed by atoms with Gasteiger partial charge in [0, 0.05) is 55.1 Å². The third-order valence-corrected chi connectivity index (χ3v) is 7.09. The lowest BCUT2D eigenvalue weighted by Gasteiger charge is -2.19. The van der Waals surface area contributed by atoms with Crippen molar-refractivity contribution in [2.75, 3.05) is 36.6 Å². The predicted octanol–water partition coefficient (Wildman–Crippen LogP) is 5.01. The average Bonchev–Trinajstić information content (AvgIpc) is 2.96. The Morgan fingerprint density at radius 1 is 1.02 bits per heavy atom. The Hall–Kier alpha value is -4.96. The molecule has 4 rings (SSSR count). The van der Waals surface area contributed by atoms with Crippen LogP contribution in [0, 0.1) is 6.92 Å². The molecule has 0 aliphatic carbocycles. The number of benzene rings is 3. The number of aromatic nitrogens is 2. The van der Waals surface area contributed by atoms with Crippen LogP contribution < -0.4 is 27.2 Å². The Balaban J connectivity index is 1.57. The van der Waals surface area contributed by atoms with Crippen LogP contribution in [-0.4, -0.2) is 41.6 Å². The van der Waals surface area contributed by atoms with Crippen molar-refractivity contribution < 1.29 is 14.3 Å². The maximum Gasteiger partial charge on any atom is 0.293 e. The molecule has 4 aromatic rings. The van der Waals surface area contributed by atoms with Crippen molar-refractivity contribution in [3.63, 3.8) is 0 Å². The summed E-state index contributed by atoms with van der Waals surface area (Å²) in [6.07, 6.45) is 1.65. The summed E-state index contributed by atoms with van der Waals surface area (Å²) in [5.41, 5.74) is 11.3. The molecule has 0 spiro atoms. The highest BCUT2D eigenvalue weighted by Crippen LogP contribution is 2.29. The highest BCUT2D eigenvalue weighted by molar-refractivity contribution is 6.05. The van der Waals surface area contributed by atoms with Gasteiger partial charge in [-0.2, -0.15) is 0 Å². The topological polar surface area (TPSA) is 140 Å². The molecule has 0 atom stereocenters. The van der Waals surface area contributed by atoms with Crippen molar-refractivity contribution in [1.29, 1.82) is 0 Å². The number of anilines is 4. The largest absolute Gasteiger partial charge is 0.398 e. The Morgan fingerprint density at radius 3 is 2.40 bits per heavy atom. The number of hydrogen-bond acceptors (Lipinski definition) is 7. The van der Waals surface area contributed by atoms with E-state index in [0.29, 0.717) is 41.3 Å². The van der Waals surface area contributed by atoms with Crippen molar-refractivity contribution in [1.82, 2.24) is 14.9 Å². The molecule has 0 saturated carbocycles. The zero-order valence-electron chi connectivity index (χ0n) is 25.4. The Kier molecular flexibility index (Phi) is 9.30. The predicted molar refractivity (Wildman–Crippen MR) is 171 cm³/mol. The second-order valence-electron chi connectivity index (χ2n) is 11.3. The number of aryl methyl sites for hydroxylation is 1. The molecule has 10 heteroatoms. The average molecular weight is 583 g/mol. The number of carbonyl (C=O) groups excluding carboxylic acids is 2. The van der Waals surface area contributed by atoms with Gasteiger partial charge >= 0.3 is 0 Å². The summed E-state index contributed by atoms with van der Waals surface area (Å²) in [7, 11) is 3.20. The number of nitrogen functional groups attached to an aromatic ring is 1. The van der Waals surface area contributed by atoms with Crippen LogP contribution in [0.2, 0.25) is 0 Å². The van der Waals surface area contributed by atoms with Crippen LogP contribution in [0.4, 0.5) is 22.9 Å². The van der Waals surface area contributed by atoms with Crippen LogP contribution in [0.15, 0.2) is 71.7 Å². The molecule has 0 aliphatic heterocycles. The number of nitrogens with zero attached hydrogens (tertiary/aromatic N) is 2. The molecule has 1 heterocycles. The first-order valence-electron chi connectivity index (χ1n) is 13.9. The summed E-state index contributed by atoms with van der Waals surface area (Å²) in [4.78, 5) is 43.1. The van der Waals surface area contributed by atoms with E-state index in [-0.39, 0.29) is 34.3 Å². The van der Waals surface area contributed by atoms with Gasteiger partial charge in [0.25, 0.3) is 17.4 Å². The van der Waals surface area contributed by atoms with Gasteiger partial charge < -0.3 is 31.0 Å². The third kappa shape index (κ3) is 7.28. The van der Waals surface area contributed by atoms with Crippen molar-refractivity contribution in [3.8, 4) is 11.3 Å². The fourth-order valence-corrected chi connectivity index (χ4v) is 4.53. The molecule has 10 nitrogen and oxygen atoms in total. The van der Waals surface area contributed by atoms with Gasteiger partial charge in [0.15, 0.2) is 5.82 Å². The lowest BCUT2D eigenvalue weighted by atomic mass is 9.86. The zero-order valence-corrected chi connectivity index (χ0v) is 25.4. The molecule has 0 radical (unpaired) electrons. The van der Waals surface area contributed by atoms with Gasteiger partial charge in [-0.25, -0.2) is 4.98 Å². The standard InChI is InChI=1S/C33H38N6O4/c1-20-24(8-7-9-27(20)38-30(40)21-10-12-22(13-11-21)33(2,3)4)28-19-39(5)32(42)29(37-28)36-23-14-15-25(26(34)18-23)31(41)35-16-17-43-6/h7-15,18-19H,16-17,34H2,1-6H3,(H,35,41)(H,36,37)(H,38,40). The molecule has 0 bridgehead atoms. The molecule has 0 saturated heterocycles. The summed E-state index contributed by atoms with van der Waals surface area (Å²) in [5.74, 6) is -0.448. The van der Waals surface area contributed by atoms with Crippen molar-refractivity contribution in [3.05, 3.63) is 99.5 Å². The van der Waals surface area contributed by atoms with Gasteiger partial charge in [-0.3, -0.25) is 14.4 Å². The zero-order chi connectivity index (χ0) is 31.3. The fraction of sp³-hybridized carbons (Fsp3) is 0.273. The molecule has 43 heavy (non-hydrogen) atoms. The van der Waals surface area contributed by atoms with Crippen LogP contribution in [0.5, 0.6) is 0 Å². The van der Waals surface area contributed by atoms with Crippen molar-refractivity contribution in [2.45, 2.75) is 33.1 Å². The molecule has 0 fully saturated rings. The number of nitrogens with one attached hydrogen (secondary N) is 3. The van der Waals surface area contributed by atoms with E-state index in [1.165, 1.54) is 4.57 Å². The Bertz CT molecular complexity index is 1700. The first-order chi connectivity index (χ1) is 20.4. The van der Waals surface area contributed by atoms with Gasteiger partial charge in [0.05, 0.1) is 17.9 Å². The molecular formula is C33H38N6O4. The number of ether oxygens (including phenoxy) is 1. The van der Waals surface area contributed by atoms with E-state index >= 15 is 0 Å². The second-order valence-corrected chi connectivity index (χ2v) is 11.3. The number of methoxy groups -OCH3 is 1. The summed E-state index contributed by atoms with van der Waals surface area (Å²) < 4.78 is 6.39. The highest BCUT2D eigenvalue weighted by atomic mass is 16.5.